The van der Waals surface area contributed by atoms with Crippen LogP contribution < -0.4 is 10.5 Å². The lowest BCUT2D eigenvalue weighted by Crippen LogP contribution is -2.08. The lowest BCUT2D eigenvalue weighted by atomic mass is 9.88. The average molecular weight is 289 g/mol. The van der Waals surface area contributed by atoms with Gasteiger partial charge in [0.15, 0.2) is 0 Å². The maximum absolute atomic E-state index is 12.0. The molecule has 2 N–H and O–H groups in total. The van der Waals surface area contributed by atoms with Crippen LogP contribution in [0.3, 0.4) is 0 Å². The number of hydrogen-bond donors (Lipinski definition) is 1. The van der Waals surface area contributed by atoms with Crippen molar-refractivity contribution in [1.82, 2.24) is 0 Å². The summed E-state index contributed by atoms with van der Waals surface area (Å²) in [6, 6.07) is 5.92. The molecule has 0 radical (unpaired) electrons. The Balaban J connectivity index is 2.22. The number of benzene rings is 1. The summed E-state index contributed by atoms with van der Waals surface area (Å²) in [7, 11) is 3.03. The van der Waals surface area contributed by atoms with Crippen LogP contribution in [0.2, 0.25) is 0 Å². The smallest absolute Gasteiger partial charge is 0.341 e. The van der Waals surface area contributed by atoms with E-state index < -0.39 is 0 Å². The molecule has 0 saturated carbocycles. The molecule has 2 aromatic rings. The number of esters is 1. The first-order valence-corrected chi connectivity index (χ1v) is 7.14. The second-order valence-electron chi connectivity index (χ2n) is 4.65. The van der Waals surface area contributed by atoms with E-state index in [0.717, 1.165) is 34.6 Å². The van der Waals surface area contributed by atoms with Gasteiger partial charge in [0.1, 0.15) is 16.3 Å². The van der Waals surface area contributed by atoms with Crippen molar-refractivity contribution in [3.05, 3.63) is 34.2 Å². The Hall–Kier alpha value is -2.01. The minimum atomic E-state index is -0.372. The maximum Gasteiger partial charge on any atom is 0.341 e. The van der Waals surface area contributed by atoms with Crippen LogP contribution in [0.5, 0.6) is 5.75 Å². The standard InChI is InChI=1S/C15H15NO3S/c1-18-9-4-5-10-8(7-9)3-6-11-12(10)13(14(16)20-11)15(17)19-2/h4-5,7H,3,6,16H2,1-2H3. The Morgan fingerprint density at radius 1 is 1.30 bits per heavy atom. The summed E-state index contributed by atoms with van der Waals surface area (Å²) in [4.78, 5) is 13.1. The molecule has 1 aromatic heterocycles. The van der Waals surface area contributed by atoms with Crippen LogP contribution >= 0.6 is 11.3 Å². The van der Waals surface area contributed by atoms with Gasteiger partial charge in [0.2, 0.25) is 0 Å². The fourth-order valence-corrected chi connectivity index (χ4v) is 3.73. The number of carbonyl (C=O) groups is 1. The minimum absolute atomic E-state index is 0.372. The van der Waals surface area contributed by atoms with Crippen molar-refractivity contribution in [2.75, 3.05) is 20.0 Å². The van der Waals surface area contributed by atoms with E-state index in [4.69, 9.17) is 15.2 Å². The Morgan fingerprint density at radius 2 is 2.10 bits per heavy atom. The number of anilines is 1. The van der Waals surface area contributed by atoms with Gasteiger partial charge in [-0.05, 0) is 36.1 Å². The molecule has 1 heterocycles. The molecule has 0 spiro atoms. The molecule has 1 aliphatic carbocycles. The number of nitrogens with two attached hydrogens (primary N) is 1. The molecule has 0 amide bonds. The van der Waals surface area contributed by atoms with Crippen molar-refractivity contribution in [2.24, 2.45) is 0 Å². The van der Waals surface area contributed by atoms with Gasteiger partial charge in [0.05, 0.1) is 14.2 Å². The number of aryl methyl sites for hydroxylation is 2. The largest absolute Gasteiger partial charge is 0.497 e. The molecule has 20 heavy (non-hydrogen) atoms. The Morgan fingerprint density at radius 3 is 2.80 bits per heavy atom. The zero-order chi connectivity index (χ0) is 14.3. The van der Waals surface area contributed by atoms with Gasteiger partial charge >= 0.3 is 5.97 Å². The molecule has 104 valence electrons. The number of thiophene rings is 1. The van der Waals surface area contributed by atoms with E-state index in [9.17, 15) is 4.79 Å². The van der Waals surface area contributed by atoms with Crippen molar-refractivity contribution in [3.8, 4) is 16.9 Å². The SMILES string of the molecule is COC(=O)c1c(N)sc2c1-c1ccc(OC)cc1CC2. The minimum Gasteiger partial charge on any atom is -0.497 e. The molecular formula is C15H15NO3S. The zero-order valence-corrected chi connectivity index (χ0v) is 12.2. The number of fused-ring (bicyclic) bond motifs is 3. The third kappa shape index (κ3) is 1.86. The molecule has 5 heteroatoms. The van der Waals surface area contributed by atoms with Gasteiger partial charge in [-0.15, -0.1) is 11.3 Å². The van der Waals surface area contributed by atoms with Crippen molar-refractivity contribution < 1.29 is 14.3 Å². The normalized spacial score (nSPS) is 12.5. The monoisotopic (exact) mass is 289 g/mol. The highest BCUT2D eigenvalue weighted by atomic mass is 32.1. The molecule has 0 unspecified atom stereocenters. The van der Waals surface area contributed by atoms with Crippen LogP contribution in [0.25, 0.3) is 11.1 Å². The van der Waals surface area contributed by atoms with E-state index in [1.807, 2.05) is 18.2 Å². The van der Waals surface area contributed by atoms with Gasteiger partial charge in [-0.25, -0.2) is 4.79 Å². The van der Waals surface area contributed by atoms with Gasteiger partial charge < -0.3 is 15.2 Å². The Bertz CT molecular complexity index is 691. The van der Waals surface area contributed by atoms with E-state index in [0.29, 0.717) is 10.6 Å². The van der Waals surface area contributed by atoms with E-state index >= 15 is 0 Å². The van der Waals surface area contributed by atoms with Crippen molar-refractivity contribution >= 4 is 22.3 Å². The molecule has 0 bridgehead atoms. The first-order valence-electron chi connectivity index (χ1n) is 6.32. The third-order valence-corrected chi connectivity index (χ3v) is 4.68. The zero-order valence-electron chi connectivity index (χ0n) is 11.4. The lowest BCUT2D eigenvalue weighted by Gasteiger charge is -2.18. The second kappa shape index (κ2) is 4.83. The average Bonchev–Trinajstić information content (AvgIpc) is 2.82. The summed E-state index contributed by atoms with van der Waals surface area (Å²) in [5.41, 5.74) is 9.67. The van der Waals surface area contributed by atoms with Gasteiger partial charge in [0, 0.05) is 10.4 Å². The topological polar surface area (TPSA) is 61.5 Å². The number of hydrogen-bond acceptors (Lipinski definition) is 5. The van der Waals surface area contributed by atoms with Crippen molar-refractivity contribution in [1.29, 1.82) is 0 Å². The van der Waals surface area contributed by atoms with Crippen LogP contribution in [0.15, 0.2) is 18.2 Å². The first-order chi connectivity index (χ1) is 9.65. The van der Waals surface area contributed by atoms with Gasteiger partial charge in [-0.2, -0.15) is 0 Å². The molecule has 3 rings (SSSR count). The second-order valence-corrected chi connectivity index (χ2v) is 5.79. The van der Waals surface area contributed by atoms with E-state index in [-0.39, 0.29) is 5.97 Å². The summed E-state index contributed by atoms with van der Waals surface area (Å²) < 4.78 is 10.1. The van der Waals surface area contributed by atoms with Crippen LogP contribution in [-0.2, 0) is 17.6 Å². The molecule has 4 nitrogen and oxygen atoms in total. The molecule has 0 aliphatic heterocycles. The van der Waals surface area contributed by atoms with Gasteiger partial charge in [-0.3, -0.25) is 0 Å². The molecule has 0 saturated heterocycles. The quantitative estimate of drug-likeness (QED) is 0.864. The maximum atomic E-state index is 12.0. The van der Waals surface area contributed by atoms with E-state index in [2.05, 4.69) is 0 Å². The summed E-state index contributed by atoms with van der Waals surface area (Å²) in [6.07, 6.45) is 1.82. The highest BCUT2D eigenvalue weighted by Crippen LogP contribution is 2.44. The molecule has 1 aliphatic rings. The molecule has 1 aromatic carbocycles. The number of nitrogen functional groups attached to an aromatic ring is 1. The van der Waals surface area contributed by atoms with Crippen LogP contribution in [0.1, 0.15) is 20.8 Å². The predicted octanol–water partition coefficient (Wildman–Crippen LogP) is 2.89. The highest BCUT2D eigenvalue weighted by Gasteiger charge is 2.28. The number of ether oxygens (including phenoxy) is 2. The summed E-state index contributed by atoms with van der Waals surface area (Å²) >= 11 is 1.48. The third-order valence-electron chi connectivity index (χ3n) is 3.60. The van der Waals surface area contributed by atoms with Crippen molar-refractivity contribution in [3.63, 3.8) is 0 Å². The Labute approximate surface area is 121 Å². The fourth-order valence-electron chi connectivity index (χ4n) is 2.66. The van der Waals surface area contributed by atoms with E-state index in [1.54, 1.807) is 7.11 Å². The lowest BCUT2D eigenvalue weighted by molar-refractivity contribution is 0.0603. The van der Waals surface area contributed by atoms with Gasteiger partial charge in [-0.1, -0.05) is 6.07 Å². The van der Waals surface area contributed by atoms with Crippen LogP contribution in [0, 0.1) is 0 Å². The van der Waals surface area contributed by atoms with Gasteiger partial charge in [0.25, 0.3) is 0 Å². The first kappa shape index (κ1) is 13.0. The molecule has 0 fully saturated rings. The summed E-state index contributed by atoms with van der Waals surface area (Å²) in [5.74, 6) is 0.457. The van der Waals surface area contributed by atoms with Crippen LogP contribution in [0.4, 0.5) is 5.00 Å². The highest BCUT2D eigenvalue weighted by molar-refractivity contribution is 7.17. The van der Waals surface area contributed by atoms with Crippen molar-refractivity contribution in [2.45, 2.75) is 12.8 Å². The number of carbonyl (C=O) groups excluding carboxylic acids is 1. The summed E-state index contributed by atoms with van der Waals surface area (Å²) in [6.45, 7) is 0. The van der Waals surface area contributed by atoms with E-state index in [1.165, 1.54) is 24.0 Å². The summed E-state index contributed by atoms with van der Waals surface area (Å²) in [5, 5.41) is 0.533. The fraction of sp³-hybridized carbons (Fsp3) is 0.267. The molecule has 0 atom stereocenters. The molecular weight excluding hydrogens is 274 g/mol. The van der Waals surface area contributed by atoms with Crippen LogP contribution in [-0.4, -0.2) is 20.2 Å². The number of methoxy groups -OCH3 is 2. The Kier molecular flexibility index (Phi) is 3.14. The predicted molar refractivity (Wildman–Crippen MR) is 79.5 cm³/mol. The number of rotatable bonds is 2.